The molecule has 1 aliphatic heterocycles. The lowest BCUT2D eigenvalue weighted by Crippen LogP contribution is -2.22. The van der Waals surface area contributed by atoms with E-state index in [4.69, 9.17) is 4.84 Å². The van der Waals surface area contributed by atoms with Crippen LogP contribution in [0.3, 0.4) is 0 Å². The number of nitrogens with zero attached hydrogens (tertiary/aromatic N) is 4. The molecular formula is C19H17BrN4O2. The Hall–Kier alpha value is -2.51. The molecular weight excluding hydrogens is 396 g/mol. The number of oxime groups is 1. The van der Waals surface area contributed by atoms with Crippen LogP contribution in [0.15, 0.2) is 56.9 Å². The van der Waals surface area contributed by atoms with Gasteiger partial charge in [0.05, 0.1) is 16.6 Å². The molecule has 2 aromatic carbocycles. The summed E-state index contributed by atoms with van der Waals surface area (Å²) in [6, 6.07) is 13.1. The third kappa shape index (κ3) is 2.83. The van der Waals surface area contributed by atoms with Crippen LogP contribution in [0.5, 0.6) is 0 Å². The molecule has 0 saturated carbocycles. The second-order valence-corrected chi connectivity index (χ2v) is 7.25. The van der Waals surface area contributed by atoms with Crippen molar-refractivity contribution in [3.8, 4) is 5.69 Å². The molecule has 4 rings (SSSR count). The van der Waals surface area contributed by atoms with Crippen molar-refractivity contribution in [2.24, 2.45) is 5.16 Å². The minimum atomic E-state index is -0.104. The summed E-state index contributed by atoms with van der Waals surface area (Å²) in [5.41, 5.74) is 2.71. The van der Waals surface area contributed by atoms with Crippen LogP contribution in [0.2, 0.25) is 0 Å². The highest BCUT2D eigenvalue weighted by Gasteiger charge is 2.29. The summed E-state index contributed by atoms with van der Waals surface area (Å²) in [7, 11) is 3.95. The Morgan fingerprint density at radius 3 is 2.85 bits per heavy atom. The van der Waals surface area contributed by atoms with Crippen molar-refractivity contribution < 1.29 is 4.84 Å². The van der Waals surface area contributed by atoms with Crippen molar-refractivity contribution in [2.75, 3.05) is 27.2 Å². The van der Waals surface area contributed by atoms with Gasteiger partial charge in [0, 0.05) is 16.6 Å². The molecule has 26 heavy (non-hydrogen) atoms. The van der Waals surface area contributed by atoms with Gasteiger partial charge < -0.3 is 9.74 Å². The maximum Gasteiger partial charge on any atom is 0.266 e. The van der Waals surface area contributed by atoms with Crippen molar-refractivity contribution in [3.63, 3.8) is 0 Å². The number of para-hydroxylation sites is 1. The summed E-state index contributed by atoms with van der Waals surface area (Å²) in [6.45, 7) is 1.21. The fourth-order valence-corrected chi connectivity index (χ4v) is 3.31. The summed E-state index contributed by atoms with van der Waals surface area (Å²) >= 11 is 3.49. The van der Waals surface area contributed by atoms with Gasteiger partial charge in [0.2, 0.25) is 0 Å². The van der Waals surface area contributed by atoms with Gasteiger partial charge in [0.1, 0.15) is 6.61 Å². The predicted molar refractivity (Wildman–Crippen MR) is 105 cm³/mol. The maximum absolute atomic E-state index is 13.0. The molecule has 3 aromatic rings. The Kier molecular flexibility index (Phi) is 4.34. The highest BCUT2D eigenvalue weighted by Crippen LogP contribution is 2.29. The molecule has 0 fully saturated rings. The first-order valence-corrected chi connectivity index (χ1v) is 9.03. The summed E-state index contributed by atoms with van der Waals surface area (Å²) in [6.07, 6.45) is 0. The molecule has 7 heteroatoms. The van der Waals surface area contributed by atoms with Crippen molar-refractivity contribution in [1.82, 2.24) is 14.5 Å². The standard InChI is InChI=1S/C19H17BrN4O2/c1-23(2)9-10-26-22-17-14-11-12(20)7-8-16(14)24-18(17)21-15-6-4-3-5-13(15)19(24)25/h3-8,11H,9-10H2,1-2H3/b22-17+. The molecule has 6 nitrogen and oxygen atoms in total. The second-order valence-electron chi connectivity index (χ2n) is 6.33. The monoisotopic (exact) mass is 412 g/mol. The van der Waals surface area contributed by atoms with E-state index in [-0.39, 0.29) is 5.56 Å². The lowest BCUT2D eigenvalue weighted by atomic mass is 10.1. The number of aromatic nitrogens is 2. The summed E-state index contributed by atoms with van der Waals surface area (Å²) in [4.78, 5) is 25.3. The van der Waals surface area contributed by atoms with E-state index in [1.54, 1.807) is 10.6 Å². The number of hydrogen-bond donors (Lipinski definition) is 0. The molecule has 0 atom stereocenters. The first kappa shape index (κ1) is 16.9. The van der Waals surface area contributed by atoms with Gasteiger partial charge in [-0.15, -0.1) is 0 Å². The SMILES string of the molecule is CN(C)CCO/N=C1\c2cc(Br)ccc2-n2c1nc1ccccc1c2=O. The number of likely N-dealkylation sites (N-methyl/N-ethyl adjacent to an activating group) is 1. The highest BCUT2D eigenvalue weighted by molar-refractivity contribution is 9.10. The largest absolute Gasteiger partial charge is 0.394 e. The van der Waals surface area contributed by atoms with Crippen LogP contribution in [0.4, 0.5) is 0 Å². The Balaban J connectivity index is 1.90. The Bertz CT molecular complexity index is 1090. The van der Waals surface area contributed by atoms with Gasteiger partial charge in [-0.05, 0) is 44.4 Å². The summed E-state index contributed by atoms with van der Waals surface area (Å²) < 4.78 is 2.51. The maximum atomic E-state index is 13.0. The van der Waals surface area contributed by atoms with Crippen LogP contribution >= 0.6 is 15.9 Å². The highest BCUT2D eigenvalue weighted by atomic mass is 79.9. The summed E-state index contributed by atoms with van der Waals surface area (Å²) in [5, 5.41) is 4.90. The van der Waals surface area contributed by atoms with E-state index < -0.39 is 0 Å². The van der Waals surface area contributed by atoms with Crippen molar-refractivity contribution in [3.05, 3.63) is 68.7 Å². The molecule has 0 radical (unpaired) electrons. The van der Waals surface area contributed by atoms with Gasteiger partial charge in [-0.25, -0.2) is 4.98 Å². The average Bonchev–Trinajstić information content (AvgIpc) is 2.92. The molecule has 0 saturated heterocycles. The van der Waals surface area contributed by atoms with Gasteiger partial charge in [-0.2, -0.15) is 0 Å². The molecule has 2 heterocycles. The van der Waals surface area contributed by atoms with E-state index in [1.165, 1.54) is 0 Å². The van der Waals surface area contributed by atoms with Crippen molar-refractivity contribution in [2.45, 2.75) is 0 Å². The Labute approximate surface area is 158 Å². The van der Waals surface area contributed by atoms with Gasteiger partial charge in [0.15, 0.2) is 11.5 Å². The van der Waals surface area contributed by atoms with Crippen LogP contribution in [0.1, 0.15) is 11.4 Å². The molecule has 0 unspecified atom stereocenters. The van der Waals surface area contributed by atoms with Gasteiger partial charge in [0.25, 0.3) is 5.56 Å². The van der Waals surface area contributed by atoms with Crippen LogP contribution < -0.4 is 5.56 Å². The van der Waals surface area contributed by atoms with Crippen molar-refractivity contribution >= 4 is 32.5 Å². The Morgan fingerprint density at radius 2 is 2.04 bits per heavy atom. The molecule has 0 amide bonds. The zero-order chi connectivity index (χ0) is 18.3. The smallest absolute Gasteiger partial charge is 0.266 e. The number of rotatable bonds is 4. The minimum absolute atomic E-state index is 0.104. The fraction of sp³-hybridized carbons (Fsp3) is 0.211. The number of halogens is 1. The minimum Gasteiger partial charge on any atom is -0.394 e. The lowest BCUT2D eigenvalue weighted by Gasteiger charge is -2.08. The van der Waals surface area contributed by atoms with Crippen LogP contribution in [0, 0.1) is 0 Å². The molecule has 1 aliphatic rings. The quantitative estimate of drug-likeness (QED) is 0.382. The van der Waals surface area contributed by atoms with Gasteiger partial charge >= 0.3 is 0 Å². The van der Waals surface area contributed by atoms with Crippen molar-refractivity contribution in [1.29, 1.82) is 0 Å². The molecule has 0 bridgehead atoms. The molecule has 0 spiro atoms. The normalized spacial score (nSPS) is 14.1. The molecule has 132 valence electrons. The predicted octanol–water partition coefficient (Wildman–Crippen LogP) is 2.79. The van der Waals surface area contributed by atoms with Crippen LogP contribution in [-0.2, 0) is 4.84 Å². The van der Waals surface area contributed by atoms with Crippen LogP contribution in [-0.4, -0.2) is 47.4 Å². The molecule has 1 aromatic heterocycles. The molecule has 0 N–H and O–H groups in total. The van der Waals surface area contributed by atoms with E-state index in [0.29, 0.717) is 29.0 Å². The topological polar surface area (TPSA) is 59.7 Å². The number of benzene rings is 2. The zero-order valence-electron chi connectivity index (χ0n) is 14.4. The fourth-order valence-electron chi connectivity index (χ4n) is 2.95. The molecule has 0 aliphatic carbocycles. The van der Waals surface area contributed by atoms with E-state index in [0.717, 1.165) is 22.3 Å². The van der Waals surface area contributed by atoms with Gasteiger partial charge in [-0.3, -0.25) is 9.36 Å². The van der Waals surface area contributed by atoms with Crippen LogP contribution in [0.25, 0.3) is 16.6 Å². The first-order valence-electron chi connectivity index (χ1n) is 8.23. The summed E-state index contributed by atoms with van der Waals surface area (Å²) in [5.74, 6) is 0.506. The van der Waals surface area contributed by atoms with E-state index >= 15 is 0 Å². The Morgan fingerprint density at radius 1 is 1.23 bits per heavy atom. The number of fused-ring (bicyclic) bond motifs is 4. The first-order chi connectivity index (χ1) is 12.6. The van der Waals surface area contributed by atoms with Gasteiger partial charge in [-0.1, -0.05) is 33.2 Å². The third-order valence-corrected chi connectivity index (χ3v) is 4.72. The van der Waals surface area contributed by atoms with E-state index in [2.05, 4.69) is 26.1 Å². The average molecular weight is 413 g/mol. The zero-order valence-corrected chi connectivity index (χ0v) is 16.0. The number of hydrogen-bond acceptors (Lipinski definition) is 5. The second kappa shape index (κ2) is 6.66. The lowest BCUT2D eigenvalue weighted by molar-refractivity contribution is 0.126. The third-order valence-electron chi connectivity index (χ3n) is 4.23. The van der Waals surface area contributed by atoms with E-state index in [9.17, 15) is 4.79 Å². The van der Waals surface area contributed by atoms with E-state index in [1.807, 2.05) is 55.4 Å².